The number of aromatic nitrogens is 3. The van der Waals surface area contributed by atoms with E-state index in [0.717, 1.165) is 25.2 Å². The van der Waals surface area contributed by atoms with Gasteiger partial charge in [-0.1, -0.05) is 23.2 Å². The molecule has 0 saturated heterocycles. The molecule has 0 saturated carbocycles. The second-order valence-corrected chi connectivity index (χ2v) is 6.18. The van der Waals surface area contributed by atoms with Crippen LogP contribution in [0.15, 0.2) is 18.2 Å². The van der Waals surface area contributed by atoms with Gasteiger partial charge in [-0.15, -0.1) is 0 Å². The summed E-state index contributed by atoms with van der Waals surface area (Å²) in [5, 5.41) is 8.09. The molecule has 6 nitrogen and oxygen atoms in total. The van der Waals surface area contributed by atoms with Gasteiger partial charge in [-0.25, -0.2) is 9.67 Å². The Bertz CT molecular complexity index is 732. The lowest BCUT2D eigenvalue weighted by Gasteiger charge is -2.23. The van der Waals surface area contributed by atoms with Gasteiger partial charge in [0.05, 0.1) is 16.1 Å². The van der Waals surface area contributed by atoms with Crippen molar-refractivity contribution in [1.82, 2.24) is 20.1 Å². The molecule has 0 bridgehead atoms. The van der Waals surface area contributed by atoms with E-state index in [4.69, 9.17) is 27.9 Å². The summed E-state index contributed by atoms with van der Waals surface area (Å²) in [6.45, 7) is 2.58. The Morgan fingerprint density at radius 2 is 2.26 bits per heavy atom. The van der Waals surface area contributed by atoms with E-state index >= 15 is 0 Å². The first-order valence-electron chi connectivity index (χ1n) is 7.31. The molecule has 1 amide bonds. The van der Waals surface area contributed by atoms with E-state index in [1.165, 1.54) is 0 Å². The number of ether oxygens (including phenoxy) is 1. The van der Waals surface area contributed by atoms with Gasteiger partial charge >= 0.3 is 0 Å². The lowest BCUT2D eigenvalue weighted by atomic mass is 10.1. The number of rotatable bonds is 4. The van der Waals surface area contributed by atoms with E-state index in [-0.39, 0.29) is 18.6 Å². The zero-order valence-electron chi connectivity index (χ0n) is 12.6. The first-order valence-corrected chi connectivity index (χ1v) is 8.07. The monoisotopic (exact) mass is 354 g/mol. The number of halogens is 2. The highest BCUT2D eigenvalue weighted by molar-refractivity contribution is 6.42. The Balaban J connectivity index is 1.58. The standard InChI is InChI=1S/C15H16Cl2N4O2/c1-9-18-15-13(3-2-6-21(15)20-9)19-14(22)8-23-10-4-5-11(16)12(17)7-10/h4-5,7,13H,2-3,6,8H2,1H3,(H,19,22). The lowest BCUT2D eigenvalue weighted by molar-refractivity contribution is -0.124. The van der Waals surface area contributed by atoms with Crippen LogP contribution in [0.25, 0.3) is 0 Å². The molecule has 0 fully saturated rings. The van der Waals surface area contributed by atoms with Crippen LogP contribution in [0.2, 0.25) is 10.0 Å². The average molecular weight is 355 g/mol. The highest BCUT2D eigenvalue weighted by Gasteiger charge is 2.25. The van der Waals surface area contributed by atoms with E-state index in [1.54, 1.807) is 18.2 Å². The number of nitrogens with zero attached hydrogens (tertiary/aromatic N) is 3. The van der Waals surface area contributed by atoms with Crippen molar-refractivity contribution in [3.8, 4) is 5.75 Å². The Hall–Kier alpha value is -1.79. The van der Waals surface area contributed by atoms with Gasteiger partial charge in [0.15, 0.2) is 6.61 Å². The minimum Gasteiger partial charge on any atom is -0.484 e. The molecular formula is C15H16Cl2N4O2. The van der Waals surface area contributed by atoms with Crippen molar-refractivity contribution >= 4 is 29.1 Å². The fourth-order valence-electron chi connectivity index (χ4n) is 2.56. The smallest absolute Gasteiger partial charge is 0.258 e. The Morgan fingerprint density at radius 3 is 3.04 bits per heavy atom. The van der Waals surface area contributed by atoms with Crippen LogP contribution >= 0.6 is 23.2 Å². The van der Waals surface area contributed by atoms with E-state index in [1.807, 2.05) is 11.6 Å². The largest absolute Gasteiger partial charge is 0.484 e. The molecule has 1 atom stereocenters. The third-order valence-corrected chi connectivity index (χ3v) is 4.32. The second-order valence-electron chi connectivity index (χ2n) is 5.37. The molecule has 2 heterocycles. The zero-order chi connectivity index (χ0) is 16.4. The van der Waals surface area contributed by atoms with E-state index in [9.17, 15) is 4.79 Å². The number of hydrogen-bond donors (Lipinski definition) is 1. The zero-order valence-corrected chi connectivity index (χ0v) is 14.1. The summed E-state index contributed by atoms with van der Waals surface area (Å²) in [6.07, 6.45) is 1.80. The van der Waals surface area contributed by atoms with Crippen LogP contribution in [0.5, 0.6) is 5.75 Å². The van der Waals surface area contributed by atoms with Gasteiger partial charge in [-0.2, -0.15) is 5.10 Å². The summed E-state index contributed by atoms with van der Waals surface area (Å²) in [5.74, 6) is 1.80. The number of aryl methyl sites for hydroxylation is 2. The molecule has 3 rings (SSSR count). The molecule has 0 spiro atoms. The number of benzene rings is 1. The normalized spacial score (nSPS) is 16.7. The molecule has 1 aliphatic heterocycles. The molecule has 1 unspecified atom stereocenters. The van der Waals surface area contributed by atoms with Crippen LogP contribution in [-0.4, -0.2) is 27.3 Å². The van der Waals surface area contributed by atoms with Crippen molar-refractivity contribution in [2.75, 3.05) is 6.61 Å². The highest BCUT2D eigenvalue weighted by Crippen LogP contribution is 2.26. The van der Waals surface area contributed by atoms with E-state index in [2.05, 4.69) is 15.4 Å². The third kappa shape index (κ3) is 3.76. The molecule has 1 aliphatic rings. The van der Waals surface area contributed by atoms with E-state index in [0.29, 0.717) is 21.6 Å². The van der Waals surface area contributed by atoms with Gasteiger partial charge in [0, 0.05) is 12.6 Å². The van der Waals surface area contributed by atoms with Gasteiger partial charge in [-0.3, -0.25) is 4.79 Å². The Kier molecular flexibility index (Phi) is 4.73. The van der Waals surface area contributed by atoms with Crippen LogP contribution in [0.1, 0.15) is 30.5 Å². The van der Waals surface area contributed by atoms with Gasteiger partial charge in [0.2, 0.25) is 0 Å². The molecule has 0 aliphatic carbocycles. The topological polar surface area (TPSA) is 69.0 Å². The molecule has 0 radical (unpaired) electrons. The number of amides is 1. The molecule has 122 valence electrons. The van der Waals surface area contributed by atoms with Crippen LogP contribution < -0.4 is 10.1 Å². The summed E-state index contributed by atoms with van der Waals surface area (Å²) >= 11 is 11.8. The summed E-state index contributed by atoms with van der Waals surface area (Å²) in [5.41, 5.74) is 0. The van der Waals surface area contributed by atoms with Crippen LogP contribution in [0.4, 0.5) is 0 Å². The molecule has 1 N–H and O–H groups in total. The van der Waals surface area contributed by atoms with Crippen molar-refractivity contribution in [3.05, 3.63) is 39.9 Å². The maximum absolute atomic E-state index is 12.1. The van der Waals surface area contributed by atoms with Crippen molar-refractivity contribution in [2.45, 2.75) is 32.4 Å². The van der Waals surface area contributed by atoms with Crippen LogP contribution in [0, 0.1) is 6.92 Å². The molecule has 2 aromatic rings. The summed E-state index contributed by atoms with van der Waals surface area (Å²) in [6, 6.07) is 4.75. The predicted molar refractivity (Wildman–Crippen MR) is 86.8 cm³/mol. The minimum absolute atomic E-state index is 0.0957. The van der Waals surface area contributed by atoms with Crippen molar-refractivity contribution < 1.29 is 9.53 Å². The molecule has 1 aromatic heterocycles. The fraction of sp³-hybridized carbons (Fsp3) is 0.400. The number of carbonyl (C=O) groups is 1. The number of fused-ring (bicyclic) bond motifs is 1. The first-order chi connectivity index (χ1) is 11.0. The van der Waals surface area contributed by atoms with Gasteiger partial charge in [0.25, 0.3) is 5.91 Å². The number of carbonyl (C=O) groups excluding carboxylic acids is 1. The molecule has 8 heteroatoms. The average Bonchev–Trinajstić information content (AvgIpc) is 2.90. The first kappa shape index (κ1) is 16.1. The minimum atomic E-state index is -0.213. The van der Waals surface area contributed by atoms with Crippen molar-refractivity contribution in [2.24, 2.45) is 0 Å². The second kappa shape index (κ2) is 6.76. The lowest BCUT2D eigenvalue weighted by Crippen LogP contribution is -2.36. The summed E-state index contributed by atoms with van der Waals surface area (Å²) in [7, 11) is 0. The van der Waals surface area contributed by atoms with Crippen molar-refractivity contribution in [1.29, 1.82) is 0 Å². The summed E-state index contributed by atoms with van der Waals surface area (Å²) < 4.78 is 7.29. The van der Waals surface area contributed by atoms with Crippen molar-refractivity contribution in [3.63, 3.8) is 0 Å². The van der Waals surface area contributed by atoms with Crippen LogP contribution in [-0.2, 0) is 11.3 Å². The quantitative estimate of drug-likeness (QED) is 0.916. The van der Waals surface area contributed by atoms with Crippen LogP contribution in [0.3, 0.4) is 0 Å². The highest BCUT2D eigenvalue weighted by atomic mass is 35.5. The van der Waals surface area contributed by atoms with Gasteiger partial charge in [-0.05, 0) is 31.9 Å². The maximum atomic E-state index is 12.1. The van der Waals surface area contributed by atoms with E-state index < -0.39 is 0 Å². The maximum Gasteiger partial charge on any atom is 0.258 e. The summed E-state index contributed by atoms with van der Waals surface area (Å²) in [4.78, 5) is 16.5. The fourth-order valence-corrected chi connectivity index (χ4v) is 2.84. The molecular weight excluding hydrogens is 339 g/mol. The SMILES string of the molecule is Cc1nc2n(n1)CCCC2NC(=O)COc1ccc(Cl)c(Cl)c1. The predicted octanol–water partition coefficient (Wildman–Crippen LogP) is 2.92. The van der Waals surface area contributed by atoms with Gasteiger partial charge < -0.3 is 10.1 Å². The number of hydrogen-bond acceptors (Lipinski definition) is 4. The molecule has 23 heavy (non-hydrogen) atoms. The van der Waals surface area contributed by atoms with Gasteiger partial charge in [0.1, 0.15) is 17.4 Å². The number of nitrogens with one attached hydrogen (secondary N) is 1. The third-order valence-electron chi connectivity index (χ3n) is 3.58. The molecule has 1 aromatic carbocycles. The Morgan fingerprint density at radius 1 is 1.43 bits per heavy atom. The Labute approximate surface area is 143 Å².